The average Bonchev–Trinajstić information content (AvgIpc) is 3.41. The third-order valence-electron chi connectivity index (χ3n) is 4.41. The summed E-state index contributed by atoms with van der Waals surface area (Å²) in [6.07, 6.45) is 6.26. The van der Waals surface area contributed by atoms with Crippen LogP contribution >= 0.6 is 22.6 Å². The fourth-order valence-corrected chi connectivity index (χ4v) is 3.28. The van der Waals surface area contributed by atoms with Gasteiger partial charge in [-0.15, -0.1) is 0 Å². The van der Waals surface area contributed by atoms with Crippen molar-refractivity contribution in [2.45, 2.75) is 19.3 Å². The van der Waals surface area contributed by atoms with E-state index in [0.29, 0.717) is 42.4 Å². The highest BCUT2D eigenvalue weighted by Crippen LogP contribution is 2.32. The van der Waals surface area contributed by atoms with Crippen LogP contribution in [0, 0.1) is 15.3 Å². The van der Waals surface area contributed by atoms with E-state index in [9.17, 15) is 9.18 Å². The second-order valence-electron chi connectivity index (χ2n) is 6.37. The van der Waals surface area contributed by atoms with Gasteiger partial charge in [-0.05, 0) is 71.5 Å². The number of hydrogen-bond donors (Lipinski definition) is 1. The lowest BCUT2D eigenvalue weighted by Gasteiger charge is -2.28. The Morgan fingerprint density at radius 1 is 1.32 bits per heavy atom. The fraction of sp³-hybridized carbons (Fsp3) is 0.333. The van der Waals surface area contributed by atoms with Crippen LogP contribution in [0.1, 0.15) is 28.8 Å². The first kappa shape index (κ1) is 16.7. The number of pyridine rings is 1. The third-order valence-corrected chi connectivity index (χ3v) is 5.08. The number of hydrogen-bond acceptors (Lipinski definition) is 4. The predicted octanol–water partition coefficient (Wildman–Crippen LogP) is 3.91. The summed E-state index contributed by atoms with van der Waals surface area (Å²) in [4.78, 5) is 22.7. The van der Waals surface area contributed by atoms with E-state index < -0.39 is 0 Å². The first-order valence-corrected chi connectivity index (χ1v) is 9.33. The number of nitrogens with zero attached hydrogens (tertiary/aromatic N) is 2. The maximum Gasteiger partial charge on any atom is 0.279 e. The number of fused-ring (bicyclic) bond motifs is 1. The molecule has 1 aliphatic heterocycles. The van der Waals surface area contributed by atoms with Crippen molar-refractivity contribution in [3.63, 3.8) is 0 Å². The van der Waals surface area contributed by atoms with E-state index in [-0.39, 0.29) is 11.7 Å². The highest BCUT2D eigenvalue weighted by atomic mass is 127. The largest absolute Gasteiger partial charge is 0.351 e. The molecule has 1 aromatic heterocycles. The van der Waals surface area contributed by atoms with Gasteiger partial charge >= 0.3 is 0 Å². The molecule has 5 nitrogen and oxygen atoms in total. The molecule has 25 heavy (non-hydrogen) atoms. The van der Waals surface area contributed by atoms with Crippen molar-refractivity contribution in [1.29, 1.82) is 0 Å². The van der Waals surface area contributed by atoms with E-state index in [1.807, 2.05) is 6.07 Å². The molecular weight excluding hydrogens is 436 g/mol. The first-order chi connectivity index (χ1) is 12.1. The number of halogens is 2. The zero-order valence-corrected chi connectivity index (χ0v) is 15.6. The van der Waals surface area contributed by atoms with E-state index in [1.54, 1.807) is 18.5 Å². The second kappa shape index (κ2) is 6.87. The molecular formula is C18H17FIN3O2. The quantitative estimate of drug-likeness (QED) is 0.698. The highest BCUT2D eigenvalue weighted by molar-refractivity contribution is 14.1. The predicted molar refractivity (Wildman–Crippen MR) is 100 cm³/mol. The molecule has 1 saturated carbocycles. The Labute approximate surface area is 158 Å². The number of rotatable bonds is 5. The second-order valence-corrected chi connectivity index (χ2v) is 7.61. The van der Waals surface area contributed by atoms with Gasteiger partial charge in [0, 0.05) is 9.77 Å². The van der Waals surface area contributed by atoms with E-state index in [0.717, 1.165) is 9.13 Å². The molecule has 0 atom stereocenters. The molecule has 1 fully saturated rings. The van der Waals surface area contributed by atoms with E-state index >= 15 is 0 Å². The molecule has 7 heteroatoms. The maximum atomic E-state index is 14.2. The minimum absolute atomic E-state index is 0.197. The van der Waals surface area contributed by atoms with Crippen LogP contribution < -0.4 is 5.32 Å². The Bertz CT molecular complexity index is 826. The zero-order chi connectivity index (χ0) is 17.4. The van der Waals surface area contributed by atoms with Gasteiger partial charge in [0.1, 0.15) is 5.82 Å². The van der Waals surface area contributed by atoms with Crippen molar-refractivity contribution in [3.05, 3.63) is 51.1 Å². The molecule has 4 rings (SSSR count). The van der Waals surface area contributed by atoms with Crippen LogP contribution in [0.25, 0.3) is 0 Å². The lowest BCUT2D eigenvalue weighted by Crippen LogP contribution is -2.38. The molecule has 130 valence electrons. The first-order valence-electron chi connectivity index (χ1n) is 8.25. The summed E-state index contributed by atoms with van der Waals surface area (Å²) < 4.78 is 15.0. The summed E-state index contributed by atoms with van der Waals surface area (Å²) in [5.74, 6) is 0.0115. The van der Waals surface area contributed by atoms with Crippen LogP contribution in [0.3, 0.4) is 0 Å². The normalized spacial score (nSPS) is 16.7. The van der Waals surface area contributed by atoms with Crippen molar-refractivity contribution in [1.82, 2.24) is 10.0 Å². The van der Waals surface area contributed by atoms with Gasteiger partial charge in [-0.1, -0.05) is 0 Å². The molecule has 1 aromatic carbocycles. The molecule has 0 bridgehead atoms. The molecule has 0 unspecified atom stereocenters. The molecule has 0 radical (unpaired) electrons. The summed E-state index contributed by atoms with van der Waals surface area (Å²) in [5.41, 5.74) is 2.18. The van der Waals surface area contributed by atoms with Crippen LogP contribution in [-0.2, 0) is 11.3 Å². The highest BCUT2D eigenvalue weighted by Gasteiger charge is 2.30. The van der Waals surface area contributed by atoms with Gasteiger partial charge in [-0.25, -0.2) is 9.45 Å². The van der Waals surface area contributed by atoms with Crippen LogP contribution in [0.15, 0.2) is 30.6 Å². The lowest BCUT2D eigenvalue weighted by molar-refractivity contribution is -0.128. The minimum atomic E-state index is -0.366. The Kier molecular flexibility index (Phi) is 4.60. The Morgan fingerprint density at radius 2 is 2.16 bits per heavy atom. The molecule has 2 heterocycles. The topological polar surface area (TPSA) is 54.5 Å². The third kappa shape index (κ3) is 3.62. The number of aromatic nitrogens is 1. The number of carbonyl (C=O) groups excluding carboxylic acids is 1. The smallest absolute Gasteiger partial charge is 0.279 e. The van der Waals surface area contributed by atoms with E-state index in [2.05, 4.69) is 32.9 Å². The summed E-state index contributed by atoms with van der Waals surface area (Å²) >= 11 is 2.06. The SMILES string of the molecule is O=C1c2c(cncc2Nc2ccc(I)cc2F)CCN1OCC1CC1. The van der Waals surface area contributed by atoms with Crippen molar-refractivity contribution in [2.24, 2.45) is 5.92 Å². The molecule has 2 aromatic rings. The molecule has 1 aliphatic carbocycles. The molecule has 0 spiro atoms. The van der Waals surface area contributed by atoms with Gasteiger partial charge in [0.15, 0.2) is 0 Å². The van der Waals surface area contributed by atoms with Crippen molar-refractivity contribution in [3.8, 4) is 0 Å². The summed E-state index contributed by atoms with van der Waals surface area (Å²) in [6.45, 7) is 1.10. The van der Waals surface area contributed by atoms with Crippen LogP contribution in [0.5, 0.6) is 0 Å². The van der Waals surface area contributed by atoms with E-state index in [1.165, 1.54) is 24.0 Å². The van der Waals surface area contributed by atoms with Gasteiger partial charge in [-0.2, -0.15) is 0 Å². The standard InChI is InChI=1S/C18H17FIN3O2/c19-14-7-13(20)3-4-15(14)22-16-9-21-8-12-5-6-23(18(24)17(12)16)25-10-11-1-2-11/h3-4,7-9,11,22H,1-2,5-6,10H2. The number of benzene rings is 1. The summed E-state index contributed by atoms with van der Waals surface area (Å²) in [6, 6.07) is 4.91. The fourth-order valence-electron chi connectivity index (χ4n) is 2.83. The van der Waals surface area contributed by atoms with Crippen molar-refractivity contribution < 1.29 is 14.0 Å². The number of nitrogens with one attached hydrogen (secondary N) is 1. The number of hydroxylamine groups is 2. The number of carbonyl (C=O) groups is 1. The Morgan fingerprint density at radius 3 is 2.92 bits per heavy atom. The monoisotopic (exact) mass is 453 g/mol. The minimum Gasteiger partial charge on any atom is -0.351 e. The number of anilines is 2. The van der Waals surface area contributed by atoms with Crippen LogP contribution in [-0.4, -0.2) is 29.1 Å². The number of amides is 1. The summed E-state index contributed by atoms with van der Waals surface area (Å²) in [7, 11) is 0. The lowest BCUT2D eigenvalue weighted by atomic mass is 10.0. The van der Waals surface area contributed by atoms with Crippen LogP contribution in [0.4, 0.5) is 15.8 Å². The van der Waals surface area contributed by atoms with Gasteiger partial charge in [0.25, 0.3) is 5.91 Å². The van der Waals surface area contributed by atoms with Crippen molar-refractivity contribution >= 4 is 39.9 Å². The molecule has 1 amide bonds. The van der Waals surface area contributed by atoms with Crippen LogP contribution in [0.2, 0.25) is 0 Å². The van der Waals surface area contributed by atoms with Gasteiger partial charge in [-0.3, -0.25) is 14.6 Å². The molecule has 1 N–H and O–H groups in total. The maximum absolute atomic E-state index is 14.2. The van der Waals surface area contributed by atoms with E-state index in [4.69, 9.17) is 4.84 Å². The van der Waals surface area contributed by atoms with Gasteiger partial charge < -0.3 is 5.32 Å². The molecule has 2 aliphatic rings. The average molecular weight is 453 g/mol. The summed E-state index contributed by atoms with van der Waals surface area (Å²) in [5, 5.41) is 4.44. The van der Waals surface area contributed by atoms with Gasteiger partial charge in [0.2, 0.25) is 0 Å². The van der Waals surface area contributed by atoms with Crippen molar-refractivity contribution in [2.75, 3.05) is 18.5 Å². The Balaban J connectivity index is 1.60. The Hall–Kier alpha value is -1.74. The molecule has 0 saturated heterocycles. The zero-order valence-electron chi connectivity index (χ0n) is 13.5. The van der Waals surface area contributed by atoms with Gasteiger partial charge in [0.05, 0.1) is 36.3 Å².